The van der Waals surface area contributed by atoms with Crippen molar-refractivity contribution in [3.8, 4) is 0 Å². The molecular formula is C17H20F6N2. The standard InChI is InChI=1S/C17H20F6N2/c1-11(2)9-15(25-7-5-24-6-8-25)13-10-12(16(18,19)20)3-4-14(13)17(21,22)23/h3-4,10,15,24H,1,5-9H2,2H3/t15-/m1/s1. The highest BCUT2D eigenvalue weighted by Crippen LogP contribution is 2.41. The van der Waals surface area contributed by atoms with Crippen LogP contribution in [0.5, 0.6) is 0 Å². The van der Waals surface area contributed by atoms with Gasteiger partial charge in [0.25, 0.3) is 0 Å². The van der Waals surface area contributed by atoms with Crippen LogP contribution in [-0.4, -0.2) is 31.1 Å². The zero-order chi connectivity index (χ0) is 18.8. The summed E-state index contributed by atoms with van der Waals surface area (Å²) in [4.78, 5) is 1.79. The van der Waals surface area contributed by atoms with Crippen LogP contribution >= 0.6 is 0 Å². The van der Waals surface area contributed by atoms with Gasteiger partial charge in [-0.1, -0.05) is 5.57 Å². The number of rotatable bonds is 4. The van der Waals surface area contributed by atoms with Crippen LogP contribution in [0.2, 0.25) is 0 Å². The topological polar surface area (TPSA) is 15.3 Å². The summed E-state index contributed by atoms with van der Waals surface area (Å²) in [6, 6.07) is 0.866. The van der Waals surface area contributed by atoms with E-state index in [1.165, 1.54) is 0 Å². The summed E-state index contributed by atoms with van der Waals surface area (Å²) < 4.78 is 79.3. The Labute approximate surface area is 142 Å². The maximum absolute atomic E-state index is 13.4. The van der Waals surface area contributed by atoms with Gasteiger partial charge in [0, 0.05) is 32.2 Å². The van der Waals surface area contributed by atoms with Gasteiger partial charge in [0.15, 0.2) is 0 Å². The fourth-order valence-corrected chi connectivity index (χ4v) is 3.03. The van der Waals surface area contributed by atoms with Crippen LogP contribution in [0.15, 0.2) is 30.4 Å². The van der Waals surface area contributed by atoms with E-state index >= 15 is 0 Å². The van der Waals surface area contributed by atoms with Crippen LogP contribution in [0.1, 0.15) is 36.1 Å². The molecule has 1 atom stereocenters. The van der Waals surface area contributed by atoms with E-state index in [0.717, 1.165) is 0 Å². The van der Waals surface area contributed by atoms with Gasteiger partial charge in [0.2, 0.25) is 0 Å². The second kappa shape index (κ2) is 7.37. The minimum atomic E-state index is -4.72. The van der Waals surface area contributed by atoms with E-state index < -0.39 is 29.5 Å². The summed E-state index contributed by atoms with van der Waals surface area (Å²) in [5.41, 5.74) is -1.82. The van der Waals surface area contributed by atoms with Crippen LogP contribution in [0.4, 0.5) is 26.3 Å². The Hall–Kier alpha value is -1.54. The van der Waals surface area contributed by atoms with Crippen molar-refractivity contribution < 1.29 is 26.3 Å². The van der Waals surface area contributed by atoms with Gasteiger partial charge in [-0.25, -0.2) is 0 Å². The average Bonchev–Trinajstić information content (AvgIpc) is 2.51. The van der Waals surface area contributed by atoms with E-state index in [2.05, 4.69) is 11.9 Å². The Morgan fingerprint density at radius 1 is 1.12 bits per heavy atom. The summed E-state index contributed by atoms with van der Waals surface area (Å²) >= 11 is 0. The second-order valence-electron chi connectivity index (χ2n) is 6.26. The van der Waals surface area contributed by atoms with Crippen molar-refractivity contribution in [3.05, 3.63) is 47.0 Å². The molecule has 140 valence electrons. The van der Waals surface area contributed by atoms with Gasteiger partial charge in [-0.05, 0) is 37.1 Å². The molecule has 0 radical (unpaired) electrons. The minimum absolute atomic E-state index is 0.171. The second-order valence-corrected chi connectivity index (χ2v) is 6.26. The maximum atomic E-state index is 13.4. The molecule has 1 fully saturated rings. The molecule has 2 rings (SSSR count). The molecule has 1 aliphatic rings. The molecule has 1 aromatic rings. The van der Waals surface area contributed by atoms with Crippen LogP contribution in [0, 0.1) is 0 Å². The largest absolute Gasteiger partial charge is 0.416 e. The average molecular weight is 366 g/mol. The summed E-state index contributed by atoms with van der Waals surface area (Å²) in [6.07, 6.45) is -9.25. The zero-order valence-corrected chi connectivity index (χ0v) is 13.8. The lowest BCUT2D eigenvalue weighted by atomic mass is 9.91. The molecule has 0 aromatic heterocycles. The van der Waals surface area contributed by atoms with Crippen molar-refractivity contribution in [1.29, 1.82) is 0 Å². The highest BCUT2D eigenvalue weighted by molar-refractivity contribution is 5.38. The monoisotopic (exact) mass is 366 g/mol. The first-order valence-electron chi connectivity index (χ1n) is 7.87. The van der Waals surface area contributed by atoms with Gasteiger partial charge >= 0.3 is 12.4 Å². The molecule has 0 unspecified atom stereocenters. The normalized spacial score (nSPS) is 18.2. The van der Waals surface area contributed by atoms with Crippen LogP contribution in [-0.2, 0) is 12.4 Å². The molecule has 1 saturated heterocycles. The van der Waals surface area contributed by atoms with Crippen LogP contribution < -0.4 is 5.32 Å². The Kier molecular flexibility index (Phi) is 5.83. The van der Waals surface area contributed by atoms with Gasteiger partial charge in [-0.3, -0.25) is 4.90 Å². The summed E-state index contributed by atoms with van der Waals surface area (Å²) in [5.74, 6) is 0. The number of nitrogens with zero attached hydrogens (tertiary/aromatic N) is 1. The Morgan fingerprint density at radius 2 is 1.72 bits per heavy atom. The number of alkyl halides is 6. The summed E-state index contributed by atoms with van der Waals surface area (Å²) in [7, 11) is 0. The van der Waals surface area contributed by atoms with E-state index in [1.807, 2.05) is 0 Å². The fourth-order valence-electron chi connectivity index (χ4n) is 3.03. The van der Waals surface area contributed by atoms with Gasteiger partial charge in [0.05, 0.1) is 11.1 Å². The lowest BCUT2D eigenvalue weighted by Gasteiger charge is -2.36. The van der Waals surface area contributed by atoms with Gasteiger partial charge in [-0.15, -0.1) is 6.58 Å². The molecule has 0 saturated carbocycles. The SMILES string of the molecule is C=C(C)C[C@H](c1cc(C(F)(F)F)ccc1C(F)(F)F)N1CCNCC1. The summed E-state index contributed by atoms with van der Waals surface area (Å²) in [5, 5.41) is 3.09. The quantitative estimate of drug-likeness (QED) is 0.617. The van der Waals surface area contributed by atoms with Crippen molar-refractivity contribution >= 4 is 0 Å². The third-order valence-electron chi connectivity index (χ3n) is 4.18. The number of halogens is 6. The fraction of sp³-hybridized carbons (Fsp3) is 0.529. The molecule has 0 bridgehead atoms. The molecule has 1 N–H and O–H groups in total. The van der Waals surface area contributed by atoms with Gasteiger partial charge in [-0.2, -0.15) is 26.3 Å². The number of benzene rings is 1. The predicted octanol–water partition coefficient (Wildman–Crippen LogP) is 4.64. The Balaban J connectivity index is 2.57. The highest BCUT2D eigenvalue weighted by atomic mass is 19.4. The molecule has 1 aliphatic heterocycles. The van der Waals surface area contributed by atoms with Crippen molar-refractivity contribution in [2.75, 3.05) is 26.2 Å². The van der Waals surface area contributed by atoms with Gasteiger partial charge < -0.3 is 5.32 Å². The Bertz CT molecular complexity index is 615. The molecule has 0 aliphatic carbocycles. The van der Waals surface area contributed by atoms with E-state index in [9.17, 15) is 26.3 Å². The maximum Gasteiger partial charge on any atom is 0.416 e. The molecule has 25 heavy (non-hydrogen) atoms. The number of hydrogen-bond donors (Lipinski definition) is 1. The van der Waals surface area contributed by atoms with E-state index in [1.54, 1.807) is 11.8 Å². The van der Waals surface area contributed by atoms with Crippen LogP contribution in [0.3, 0.4) is 0 Å². The summed E-state index contributed by atoms with van der Waals surface area (Å²) in [6.45, 7) is 7.48. The third kappa shape index (κ3) is 4.98. The molecule has 0 spiro atoms. The smallest absolute Gasteiger partial charge is 0.314 e. The van der Waals surface area contributed by atoms with E-state index in [-0.39, 0.29) is 12.0 Å². The minimum Gasteiger partial charge on any atom is -0.314 e. The number of hydrogen-bond acceptors (Lipinski definition) is 2. The predicted molar refractivity (Wildman–Crippen MR) is 83.1 cm³/mol. The van der Waals surface area contributed by atoms with Crippen molar-refractivity contribution in [2.24, 2.45) is 0 Å². The number of piperazine rings is 1. The van der Waals surface area contributed by atoms with Gasteiger partial charge in [0.1, 0.15) is 0 Å². The molecule has 8 heteroatoms. The van der Waals surface area contributed by atoms with Crippen molar-refractivity contribution in [2.45, 2.75) is 31.7 Å². The molecule has 2 nitrogen and oxygen atoms in total. The molecule has 1 heterocycles. The molecule has 0 amide bonds. The lowest BCUT2D eigenvalue weighted by molar-refractivity contribution is -0.142. The third-order valence-corrected chi connectivity index (χ3v) is 4.18. The van der Waals surface area contributed by atoms with E-state index in [0.29, 0.717) is 50.0 Å². The van der Waals surface area contributed by atoms with E-state index in [4.69, 9.17) is 0 Å². The number of nitrogens with one attached hydrogen (secondary N) is 1. The molecule has 1 aromatic carbocycles. The van der Waals surface area contributed by atoms with Crippen molar-refractivity contribution in [1.82, 2.24) is 10.2 Å². The lowest BCUT2D eigenvalue weighted by Crippen LogP contribution is -2.45. The Morgan fingerprint density at radius 3 is 2.20 bits per heavy atom. The first-order valence-corrected chi connectivity index (χ1v) is 7.87. The van der Waals surface area contributed by atoms with Crippen molar-refractivity contribution in [3.63, 3.8) is 0 Å². The zero-order valence-electron chi connectivity index (χ0n) is 13.8. The van der Waals surface area contributed by atoms with Crippen LogP contribution in [0.25, 0.3) is 0 Å². The first-order chi connectivity index (χ1) is 11.5. The highest BCUT2D eigenvalue weighted by Gasteiger charge is 2.39. The molecular weight excluding hydrogens is 346 g/mol. The first kappa shape index (κ1) is 19.8.